The fraction of sp³-hybridized carbons (Fsp3) is 0.538. The van der Waals surface area contributed by atoms with Crippen molar-refractivity contribution in [3.63, 3.8) is 0 Å². The highest BCUT2D eigenvalue weighted by Gasteiger charge is 2.13. The van der Waals surface area contributed by atoms with Crippen molar-refractivity contribution in [3.05, 3.63) is 35.1 Å². The lowest BCUT2D eigenvalue weighted by Gasteiger charge is -2.23. The van der Waals surface area contributed by atoms with E-state index in [0.29, 0.717) is 12.7 Å². The van der Waals surface area contributed by atoms with Crippen LogP contribution in [0.5, 0.6) is 0 Å². The molecule has 1 fully saturated rings. The number of ether oxygens (including phenoxy) is 1. The van der Waals surface area contributed by atoms with Crippen LogP contribution < -0.4 is 5.32 Å². The lowest BCUT2D eigenvalue weighted by Crippen LogP contribution is -2.35. The van der Waals surface area contributed by atoms with Crippen LogP contribution in [0.15, 0.2) is 18.2 Å². The van der Waals surface area contributed by atoms with Crippen molar-refractivity contribution < 1.29 is 9.13 Å². The van der Waals surface area contributed by atoms with Crippen molar-refractivity contribution in [2.45, 2.75) is 32.5 Å². The van der Waals surface area contributed by atoms with Gasteiger partial charge >= 0.3 is 0 Å². The minimum atomic E-state index is -0.180. The molecule has 3 heteroatoms. The fourth-order valence-electron chi connectivity index (χ4n) is 1.99. The summed E-state index contributed by atoms with van der Waals surface area (Å²) in [4.78, 5) is 0. The zero-order valence-electron chi connectivity index (χ0n) is 9.63. The number of rotatable bonds is 3. The first-order chi connectivity index (χ1) is 7.75. The summed E-state index contributed by atoms with van der Waals surface area (Å²) in [5.74, 6) is -0.180. The van der Waals surface area contributed by atoms with Crippen LogP contribution in [0.2, 0.25) is 0 Å². The second-order valence-corrected chi connectivity index (χ2v) is 4.35. The van der Waals surface area contributed by atoms with Gasteiger partial charge in [-0.25, -0.2) is 4.39 Å². The Balaban J connectivity index is 1.88. The third-order valence-electron chi connectivity index (χ3n) is 3.03. The summed E-state index contributed by atoms with van der Waals surface area (Å²) in [6.45, 7) is 4.52. The van der Waals surface area contributed by atoms with E-state index in [1.54, 1.807) is 12.1 Å². The summed E-state index contributed by atoms with van der Waals surface area (Å²) in [7, 11) is 0. The van der Waals surface area contributed by atoms with Crippen LogP contribution in [0.1, 0.15) is 24.0 Å². The summed E-state index contributed by atoms with van der Waals surface area (Å²) in [6, 6.07) is 4.85. The Morgan fingerprint density at radius 1 is 1.50 bits per heavy atom. The number of nitrogens with one attached hydrogen (secondary N) is 1. The highest BCUT2D eigenvalue weighted by molar-refractivity contribution is 5.25. The minimum Gasteiger partial charge on any atom is -0.372 e. The van der Waals surface area contributed by atoms with E-state index in [0.717, 1.165) is 30.6 Å². The van der Waals surface area contributed by atoms with Crippen LogP contribution in [0.3, 0.4) is 0 Å². The first-order valence-corrected chi connectivity index (χ1v) is 5.83. The van der Waals surface area contributed by atoms with Gasteiger partial charge in [0.1, 0.15) is 5.82 Å². The maximum absolute atomic E-state index is 12.9. The Bertz CT molecular complexity index is 348. The van der Waals surface area contributed by atoms with Crippen molar-refractivity contribution in [1.29, 1.82) is 0 Å². The molecule has 1 aromatic rings. The van der Waals surface area contributed by atoms with E-state index in [1.807, 2.05) is 6.92 Å². The van der Waals surface area contributed by atoms with E-state index in [9.17, 15) is 4.39 Å². The van der Waals surface area contributed by atoms with Crippen LogP contribution in [0.25, 0.3) is 0 Å². The Hall–Kier alpha value is -0.930. The molecule has 2 rings (SSSR count). The van der Waals surface area contributed by atoms with Gasteiger partial charge in [-0.2, -0.15) is 0 Å². The van der Waals surface area contributed by atoms with Crippen LogP contribution in [0, 0.1) is 12.7 Å². The molecule has 1 aliphatic rings. The number of halogens is 1. The summed E-state index contributed by atoms with van der Waals surface area (Å²) >= 11 is 0. The van der Waals surface area contributed by atoms with Gasteiger partial charge < -0.3 is 10.1 Å². The van der Waals surface area contributed by atoms with Gasteiger partial charge in [-0.3, -0.25) is 0 Å². The largest absolute Gasteiger partial charge is 0.372 e. The highest BCUT2D eigenvalue weighted by atomic mass is 19.1. The van der Waals surface area contributed by atoms with Crippen molar-refractivity contribution in [1.82, 2.24) is 5.32 Å². The van der Waals surface area contributed by atoms with Gasteiger partial charge in [0.05, 0.1) is 12.7 Å². The monoisotopic (exact) mass is 223 g/mol. The van der Waals surface area contributed by atoms with Crippen LogP contribution in [0.4, 0.5) is 4.39 Å². The smallest absolute Gasteiger partial charge is 0.123 e. The molecule has 0 bridgehead atoms. The predicted octanol–water partition coefficient (Wildman–Crippen LogP) is 2.40. The summed E-state index contributed by atoms with van der Waals surface area (Å²) < 4.78 is 18.7. The average molecular weight is 223 g/mol. The van der Waals surface area contributed by atoms with E-state index in [2.05, 4.69) is 5.32 Å². The van der Waals surface area contributed by atoms with Gasteiger partial charge in [0, 0.05) is 6.54 Å². The Morgan fingerprint density at radius 3 is 3.06 bits per heavy atom. The van der Waals surface area contributed by atoms with Gasteiger partial charge in [0.2, 0.25) is 0 Å². The molecule has 1 saturated heterocycles. The van der Waals surface area contributed by atoms with Gasteiger partial charge in [-0.05, 0) is 49.6 Å². The standard InChI is InChI=1S/C13H18FNO/c1-10-7-12(14)5-4-11(10)9-16-13-3-2-6-15-8-13/h4-5,7,13,15H,2-3,6,8-9H2,1H3. The molecule has 0 spiro atoms. The molecule has 1 aliphatic heterocycles. The van der Waals surface area contributed by atoms with Crippen molar-refractivity contribution in [3.8, 4) is 0 Å². The van der Waals surface area contributed by atoms with Crippen molar-refractivity contribution in [2.24, 2.45) is 0 Å². The summed E-state index contributed by atoms with van der Waals surface area (Å²) in [5.41, 5.74) is 2.04. The molecule has 2 nitrogen and oxygen atoms in total. The van der Waals surface area contributed by atoms with E-state index in [1.165, 1.54) is 12.5 Å². The lowest BCUT2D eigenvalue weighted by molar-refractivity contribution is 0.0250. The molecule has 16 heavy (non-hydrogen) atoms. The zero-order valence-corrected chi connectivity index (χ0v) is 9.63. The Labute approximate surface area is 95.8 Å². The number of hydrogen-bond donors (Lipinski definition) is 1. The summed E-state index contributed by atoms with van der Waals surface area (Å²) in [5, 5.41) is 3.31. The van der Waals surface area contributed by atoms with Crippen molar-refractivity contribution in [2.75, 3.05) is 13.1 Å². The van der Waals surface area contributed by atoms with Crippen molar-refractivity contribution >= 4 is 0 Å². The Kier molecular flexibility index (Phi) is 3.91. The lowest BCUT2D eigenvalue weighted by atomic mass is 10.1. The van der Waals surface area contributed by atoms with Crippen LogP contribution in [-0.2, 0) is 11.3 Å². The van der Waals surface area contributed by atoms with Gasteiger partial charge in [-0.1, -0.05) is 6.07 Å². The second kappa shape index (κ2) is 5.41. The maximum Gasteiger partial charge on any atom is 0.123 e. The average Bonchev–Trinajstić information content (AvgIpc) is 2.29. The fourth-order valence-corrected chi connectivity index (χ4v) is 1.99. The van der Waals surface area contributed by atoms with Gasteiger partial charge in [0.25, 0.3) is 0 Å². The van der Waals surface area contributed by atoms with Gasteiger partial charge in [0.15, 0.2) is 0 Å². The number of aryl methyl sites for hydroxylation is 1. The first kappa shape index (κ1) is 11.6. The third kappa shape index (κ3) is 3.03. The molecular formula is C13H18FNO. The number of benzene rings is 1. The molecule has 1 atom stereocenters. The van der Waals surface area contributed by atoms with E-state index >= 15 is 0 Å². The zero-order chi connectivity index (χ0) is 11.4. The highest BCUT2D eigenvalue weighted by Crippen LogP contribution is 2.14. The molecule has 0 saturated carbocycles. The molecule has 1 N–H and O–H groups in total. The number of hydrogen-bond acceptors (Lipinski definition) is 2. The second-order valence-electron chi connectivity index (χ2n) is 4.35. The molecule has 0 aromatic heterocycles. The quantitative estimate of drug-likeness (QED) is 0.849. The molecular weight excluding hydrogens is 205 g/mol. The van der Waals surface area contributed by atoms with E-state index in [4.69, 9.17) is 4.74 Å². The number of piperidine rings is 1. The van der Waals surface area contributed by atoms with Crippen LogP contribution in [-0.4, -0.2) is 19.2 Å². The van der Waals surface area contributed by atoms with Crippen LogP contribution >= 0.6 is 0 Å². The molecule has 1 heterocycles. The molecule has 0 radical (unpaired) electrons. The van der Waals surface area contributed by atoms with E-state index < -0.39 is 0 Å². The summed E-state index contributed by atoms with van der Waals surface area (Å²) in [6.07, 6.45) is 2.60. The molecule has 1 unspecified atom stereocenters. The maximum atomic E-state index is 12.9. The van der Waals surface area contributed by atoms with Gasteiger partial charge in [-0.15, -0.1) is 0 Å². The molecule has 0 aliphatic carbocycles. The topological polar surface area (TPSA) is 21.3 Å². The Morgan fingerprint density at radius 2 is 2.38 bits per heavy atom. The minimum absolute atomic E-state index is 0.180. The first-order valence-electron chi connectivity index (χ1n) is 5.83. The third-order valence-corrected chi connectivity index (χ3v) is 3.03. The molecule has 1 aromatic carbocycles. The predicted molar refractivity (Wildman–Crippen MR) is 61.8 cm³/mol. The SMILES string of the molecule is Cc1cc(F)ccc1COC1CCCNC1. The molecule has 0 amide bonds. The normalized spacial score (nSPS) is 21.0. The molecule has 88 valence electrons. The van der Waals surface area contributed by atoms with E-state index in [-0.39, 0.29) is 5.82 Å².